The van der Waals surface area contributed by atoms with Crippen LogP contribution in [0.15, 0.2) is 36.5 Å². The van der Waals surface area contributed by atoms with Crippen molar-refractivity contribution in [1.82, 2.24) is 5.32 Å². The van der Waals surface area contributed by atoms with Crippen molar-refractivity contribution in [1.29, 1.82) is 0 Å². The Morgan fingerprint density at radius 2 is 0.607 bits per heavy atom. The van der Waals surface area contributed by atoms with Crippen molar-refractivity contribution in [3.63, 3.8) is 0 Å². The smallest absolute Gasteiger partial charge is 0.305 e. The Labute approximate surface area is 525 Å². The van der Waals surface area contributed by atoms with E-state index in [1.807, 2.05) is 0 Å². The lowest BCUT2D eigenvalue weighted by Crippen LogP contribution is -2.45. The van der Waals surface area contributed by atoms with E-state index < -0.39 is 12.1 Å². The highest BCUT2D eigenvalue weighted by atomic mass is 16.5. The molecule has 6 nitrogen and oxygen atoms in total. The van der Waals surface area contributed by atoms with E-state index in [9.17, 15) is 19.8 Å². The third kappa shape index (κ3) is 69.2. The minimum absolute atomic E-state index is 0.00802. The summed E-state index contributed by atoms with van der Waals surface area (Å²) in [6, 6.07) is -0.540. The topological polar surface area (TPSA) is 95.9 Å². The fraction of sp³-hybridized carbons (Fsp3) is 0.897. The lowest BCUT2D eigenvalue weighted by atomic mass is 10.0. The van der Waals surface area contributed by atoms with Gasteiger partial charge in [-0.05, 0) is 77.0 Å². The van der Waals surface area contributed by atoms with E-state index in [4.69, 9.17) is 4.74 Å². The lowest BCUT2D eigenvalue weighted by molar-refractivity contribution is -0.143. The molecule has 0 radical (unpaired) electrons. The van der Waals surface area contributed by atoms with Crippen LogP contribution in [0.1, 0.15) is 425 Å². The zero-order chi connectivity index (χ0) is 60.6. The minimum Gasteiger partial charge on any atom is -0.466 e. The molecule has 0 spiro atoms. The first-order chi connectivity index (χ1) is 41.5. The molecule has 0 saturated heterocycles. The van der Waals surface area contributed by atoms with E-state index in [-0.39, 0.29) is 18.5 Å². The summed E-state index contributed by atoms with van der Waals surface area (Å²) in [6.45, 7) is 4.95. The number of unbranched alkanes of at least 4 members (excludes halogenated alkanes) is 55. The summed E-state index contributed by atoms with van der Waals surface area (Å²) in [5.74, 6) is -0.0199. The maximum Gasteiger partial charge on any atom is 0.305 e. The van der Waals surface area contributed by atoms with Crippen molar-refractivity contribution in [2.45, 2.75) is 437 Å². The number of aliphatic hydroxyl groups excluding tert-OH is 2. The second kappa shape index (κ2) is 73.5. The molecule has 0 saturated carbocycles. The summed E-state index contributed by atoms with van der Waals surface area (Å²) in [4.78, 5) is 24.6. The van der Waals surface area contributed by atoms with Gasteiger partial charge in [0.15, 0.2) is 0 Å². The molecule has 6 heteroatoms. The normalized spacial score (nSPS) is 12.7. The van der Waals surface area contributed by atoms with Gasteiger partial charge in [0, 0.05) is 12.8 Å². The molecule has 1 amide bonds. The Bertz CT molecular complexity index is 1360. The molecule has 0 fully saturated rings. The van der Waals surface area contributed by atoms with Gasteiger partial charge in [-0.15, -0.1) is 0 Å². The molecular formula is C78H149NO5. The summed E-state index contributed by atoms with van der Waals surface area (Å²) in [5.41, 5.74) is 0. The van der Waals surface area contributed by atoms with E-state index in [0.29, 0.717) is 25.9 Å². The molecule has 0 aliphatic rings. The van der Waals surface area contributed by atoms with Crippen molar-refractivity contribution in [2.24, 2.45) is 0 Å². The van der Waals surface area contributed by atoms with Gasteiger partial charge in [-0.3, -0.25) is 9.59 Å². The lowest BCUT2D eigenvalue weighted by Gasteiger charge is -2.22. The summed E-state index contributed by atoms with van der Waals surface area (Å²) in [5, 5.41) is 23.4. The number of esters is 1. The van der Waals surface area contributed by atoms with E-state index in [0.717, 1.165) is 51.4 Å². The molecule has 0 aromatic rings. The van der Waals surface area contributed by atoms with Crippen molar-refractivity contribution in [3.05, 3.63) is 36.5 Å². The average Bonchev–Trinajstić information content (AvgIpc) is 3.51. The van der Waals surface area contributed by atoms with Crippen LogP contribution in [0.5, 0.6) is 0 Å². The van der Waals surface area contributed by atoms with Crippen molar-refractivity contribution >= 4 is 11.9 Å². The molecular weight excluding hydrogens is 1030 g/mol. The molecule has 2 atom stereocenters. The number of aliphatic hydroxyl groups is 2. The van der Waals surface area contributed by atoms with Crippen LogP contribution in [-0.2, 0) is 14.3 Å². The fourth-order valence-corrected chi connectivity index (χ4v) is 12.1. The first kappa shape index (κ1) is 82.1. The highest BCUT2D eigenvalue weighted by Crippen LogP contribution is 2.19. The zero-order valence-electron chi connectivity index (χ0n) is 56.9. The SMILES string of the molecule is CCCC/C=C\CCCCCCCC(=O)OCCCCCCCCCCCCCCC/C=C\C/C=C\CCCCCCCCCCCCCCCCCCCC(=O)NC(CO)C(O)CCCCCCCCCCCCCCCCCCCCC. The minimum atomic E-state index is -0.663. The Morgan fingerprint density at radius 3 is 0.952 bits per heavy atom. The van der Waals surface area contributed by atoms with Gasteiger partial charge in [-0.25, -0.2) is 0 Å². The van der Waals surface area contributed by atoms with E-state index >= 15 is 0 Å². The van der Waals surface area contributed by atoms with Crippen LogP contribution in [-0.4, -0.2) is 47.4 Å². The highest BCUT2D eigenvalue weighted by Gasteiger charge is 2.20. The Morgan fingerprint density at radius 1 is 0.333 bits per heavy atom. The van der Waals surface area contributed by atoms with Crippen LogP contribution >= 0.6 is 0 Å². The number of ether oxygens (including phenoxy) is 1. The second-order valence-electron chi connectivity index (χ2n) is 26.3. The molecule has 0 heterocycles. The van der Waals surface area contributed by atoms with E-state index in [1.54, 1.807) is 0 Å². The van der Waals surface area contributed by atoms with Crippen LogP contribution in [0.4, 0.5) is 0 Å². The molecule has 84 heavy (non-hydrogen) atoms. The summed E-state index contributed by atoms with van der Waals surface area (Å²) in [7, 11) is 0. The van der Waals surface area contributed by atoms with Gasteiger partial charge in [-0.1, -0.05) is 371 Å². The van der Waals surface area contributed by atoms with Crippen LogP contribution < -0.4 is 5.32 Å². The first-order valence-electron chi connectivity index (χ1n) is 38.2. The third-order valence-electron chi connectivity index (χ3n) is 17.9. The molecule has 496 valence electrons. The Hall–Kier alpha value is -1.92. The Kier molecular flexibility index (Phi) is 71.9. The van der Waals surface area contributed by atoms with Gasteiger partial charge in [0.25, 0.3) is 0 Å². The quantitative estimate of drug-likeness (QED) is 0.0320. The monoisotopic (exact) mass is 1180 g/mol. The fourth-order valence-electron chi connectivity index (χ4n) is 12.1. The predicted octanol–water partition coefficient (Wildman–Crippen LogP) is 25.0. The molecule has 0 aromatic heterocycles. The van der Waals surface area contributed by atoms with Gasteiger partial charge in [0.05, 0.1) is 25.4 Å². The second-order valence-corrected chi connectivity index (χ2v) is 26.3. The molecule has 0 aromatic carbocycles. The summed E-state index contributed by atoms with van der Waals surface area (Å²) in [6.07, 6.45) is 95.2. The number of allylic oxidation sites excluding steroid dienone is 6. The maximum absolute atomic E-state index is 12.5. The van der Waals surface area contributed by atoms with Crippen LogP contribution in [0, 0.1) is 0 Å². The van der Waals surface area contributed by atoms with Gasteiger partial charge in [0.1, 0.15) is 0 Å². The van der Waals surface area contributed by atoms with Crippen molar-refractivity contribution in [2.75, 3.05) is 13.2 Å². The largest absolute Gasteiger partial charge is 0.466 e. The molecule has 0 rings (SSSR count). The number of hydrogen-bond acceptors (Lipinski definition) is 5. The van der Waals surface area contributed by atoms with Crippen molar-refractivity contribution < 1.29 is 24.5 Å². The van der Waals surface area contributed by atoms with Gasteiger partial charge >= 0.3 is 5.97 Å². The average molecular weight is 1180 g/mol. The highest BCUT2D eigenvalue weighted by molar-refractivity contribution is 5.76. The summed E-state index contributed by atoms with van der Waals surface area (Å²) >= 11 is 0. The summed E-state index contributed by atoms with van der Waals surface area (Å²) < 4.78 is 5.47. The van der Waals surface area contributed by atoms with Crippen LogP contribution in [0.3, 0.4) is 0 Å². The standard InChI is InChI=1S/C78H149NO5/c1-3-5-7-9-11-13-15-16-17-18-38-41-44-47-51-54-58-62-66-70-76(81)75(74-80)79-77(82)71-67-63-59-55-52-48-45-42-39-36-34-32-30-28-26-24-22-20-19-21-23-25-27-29-31-33-35-37-40-43-46-49-53-57-61-65-69-73-84-78(83)72-68-64-60-56-50-14-12-10-8-6-4-2/h10,12,19,21,25,27,75-76,80-81H,3-9,11,13-18,20,22-24,26,28-74H2,1-2H3,(H,79,82)/b12-10-,21-19-,27-25-. The third-order valence-corrected chi connectivity index (χ3v) is 17.9. The number of amides is 1. The Balaban J connectivity index is 3.37. The first-order valence-corrected chi connectivity index (χ1v) is 38.2. The van der Waals surface area contributed by atoms with E-state index in [2.05, 4.69) is 55.6 Å². The number of hydrogen-bond donors (Lipinski definition) is 3. The van der Waals surface area contributed by atoms with Crippen LogP contribution in [0.25, 0.3) is 0 Å². The van der Waals surface area contributed by atoms with Gasteiger partial charge in [-0.2, -0.15) is 0 Å². The molecule has 0 bridgehead atoms. The van der Waals surface area contributed by atoms with E-state index in [1.165, 1.54) is 340 Å². The number of nitrogens with one attached hydrogen (secondary N) is 1. The number of carbonyl (C=O) groups is 2. The number of carbonyl (C=O) groups excluding carboxylic acids is 2. The predicted molar refractivity (Wildman–Crippen MR) is 370 cm³/mol. The molecule has 3 N–H and O–H groups in total. The molecule has 0 aliphatic heterocycles. The number of rotatable bonds is 72. The van der Waals surface area contributed by atoms with Gasteiger partial charge < -0.3 is 20.3 Å². The van der Waals surface area contributed by atoms with Gasteiger partial charge in [0.2, 0.25) is 5.91 Å². The molecule has 0 aliphatic carbocycles. The van der Waals surface area contributed by atoms with Crippen molar-refractivity contribution in [3.8, 4) is 0 Å². The van der Waals surface area contributed by atoms with Crippen LogP contribution in [0.2, 0.25) is 0 Å². The maximum atomic E-state index is 12.5. The zero-order valence-corrected chi connectivity index (χ0v) is 56.9. The molecule has 2 unspecified atom stereocenters.